The number of ether oxygens (including phenoxy) is 1. The standard InChI is InChI=1S/C27H21N5O5S/c1-16-13-21(34)23-22(37-16)14-20(33)19(24(23)36-2)15-28-30-27-32(18-11-7-4-8-12-18)31-26(38-27)25(35)29-17-9-5-3-6-10-17/h3-15,33H,1-2H3,(H,29,35)/b28-15+,30-27+. The summed E-state index contributed by atoms with van der Waals surface area (Å²) in [5.41, 5.74) is 1.34. The van der Waals surface area contributed by atoms with Crippen LogP contribution < -0.4 is 20.3 Å². The third-order valence-electron chi connectivity index (χ3n) is 5.43. The molecule has 38 heavy (non-hydrogen) atoms. The molecular formula is C27H21N5O5S. The molecule has 0 bridgehead atoms. The van der Waals surface area contributed by atoms with Crippen LogP contribution in [0, 0.1) is 6.92 Å². The van der Waals surface area contributed by atoms with Crippen molar-refractivity contribution in [3.05, 3.63) is 104 Å². The maximum atomic E-state index is 12.9. The van der Waals surface area contributed by atoms with Crippen molar-refractivity contribution in [1.29, 1.82) is 0 Å². The highest BCUT2D eigenvalue weighted by molar-refractivity contribution is 7.11. The molecule has 0 saturated heterocycles. The van der Waals surface area contributed by atoms with E-state index >= 15 is 0 Å². The number of anilines is 1. The van der Waals surface area contributed by atoms with E-state index in [4.69, 9.17) is 9.15 Å². The zero-order valence-electron chi connectivity index (χ0n) is 20.3. The van der Waals surface area contributed by atoms with E-state index in [-0.39, 0.29) is 38.5 Å². The van der Waals surface area contributed by atoms with Crippen molar-refractivity contribution >= 4 is 40.1 Å². The van der Waals surface area contributed by atoms with E-state index in [1.54, 1.807) is 19.1 Å². The van der Waals surface area contributed by atoms with E-state index in [0.717, 1.165) is 11.3 Å². The van der Waals surface area contributed by atoms with Crippen LogP contribution in [-0.2, 0) is 0 Å². The summed E-state index contributed by atoms with van der Waals surface area (Å²) in [6.07, 6.45) is 1.27. The molecule has 11 heteroatoms. The van der Waals surface area contributed by atoms with Crippen molar-refractivity contribution in [3.63, 3.8) is 0 Å². The molecule has 0 atom stereocenters. The molecule has 5 rings (SSSR count). The van der Waals surface area contributed by atoms with Crippen LogP contribution in [0.3, 0.4) is 0 Å². The molecule has 1 amide bonds. The monoisotopic (exact) mass is 527 g/mol. The number of phenolic OH excluding ortho intramolecular Hbond substituents is 1. The number of benzene rings is 3. The predicted octanol–water partition coefficient (Wildman–Crippen LogP) is 4.25. The van der Waals surface area contributed by atoms with Crippen molar-refractivity contribution in [2.75, 3.05) is 12.4 Å². The van der Waals surface area contributed by atoms with E-state index in [1.165, 1.54) is 30.1 Å². The molecule has 0 saturated carbocycles. The van der Waals surface area contributed by atoms with Gasteiger partial charge in [-0.1, -0.05) is 47.7 Å². The first-order valence-corrected chi connectivity index (χ1v) is 12.2. The van der Waals surface area contributed by atoms with Crippen LogP contribution in [0.5, 0.6) is 11.5 Å². The Bertz CT molecular complexity index is 1790. The third-order valence-corrected chi connectivity index (χ3v) is 6.33. The molecule has 0 unspecified atom stereocenters. The Morgan fingerprint density at radius 3 is 2.55 bits per heavy atom. The molecule has 0 spiro atoms. The lowest BCUT2D eigenvalue weighted by Crippen LogP contribution is -2.15. The van der Waals surface area contributed by atoms with Gasteiger partial charge in [0.15, 0.2) is 5.43 Å². The van der Waals surface area contributed by atoms with Gasteiger partial charge in [-0.05, 0) is 31.2 Å². The second-order valence-electron chi connectivity index (χ2n) is 8.04. The normalized spacial score (nSPS) is 11.8. The molecule has 0 fully saturated rings. The minimum absolute atomic E-state index is 0.107. The number of amides is 1. The fraction of sp³-hybridized carbons (Fsp3) is 0.0741. The van der Waals surface area contributed by atoms with Crippen molar-refractivity contribution in [2.24, 2.45) is 10.2 Å². The van der Waals surface area contributed by atoms with Crippen molar-refractivity contribution in [2.45, 2.75) is 6.92 Å². The average Bonchev–Trinajstić information content (AvgIpc) is 3.34. The van der Waals surface area contributed by atoms with Gasteiger partial charge in [0.1, 0.15) is 28.2 Å². The second-order valence-corrected chi connectivity index (χ2v) is 8.99. The summed E-state index contributed by atoms with van der Waals surface area (Å²) < 4.78 is 12.5. The van der Waals surface area contributed by atoms with Crippen molar-refractivity contribution < 1.29 is 19.1 Å². The van der Waals surface area contributed by atoms with Gasteiger partial charge < -0.3 is 19.6 Å². The summed E-state index contributed by atoms with van der Waals surface area (Å²) in [6.45, 7) is 1.64. The number of para-hydroxylation sites is 2. The second kappa shape index (κ2) is 10.5. The molecule has 0 radical (unpaired) electrons. The maximum Gasteiger partial charge on any atom is 0.286 e. The summed E-state index contributed by atoms with van der Waals surface area (Å²) >= 11 is 1.04. The zero-order valence-corrected chi connectivity index (χ0v) is 21.1. The smallest absolute Gasteiger partial charge is 0.286 e. The highest BCUT2D eigenvalue weighted by Crippen LogP contribution is 2.33. The molecule has 5 aromatic rings. The maximum absolute atomic E-state index is 12.9. The summed E-state index contributed by atoms with van der Waals surface area (Å²) in [7, 11) is 1.38. The number of nitrogens with zero attached hydrogens (tertiary/aromatic N) is 4. The van der Waals surface area contributed by atoms with Crippen LogP contribution in [0.1, 0.15) is 21.1 Å². The lowest BCUT2D eigenvalue weighted by molar-refractivity contribution is 0.102. The van der Waals surface area contributed by atoms with E-state index in [1.807, 2.05) is 48.5 Å². The largest absolute Gasteiger partial charge is 0.507 e. The van der Waals surface area contributed by atoms with Crippen LogP contribution in [0.2, 0.25) is 0 Å². The SMILES string of the molecule is COc1c(/C=N/N=c2/sc(C(=O)Nc3ccccc3)nn2-c2ccccc2)c(O)cc2oc(C)cc(=O)c12. The first-order chi connectivity index (χ1) is 18.4. The quantitative estimate of drug-likeness (QED) is 0.251. The molecular weight excluding hydrogens is 506 g/mol. The lowest BCUT2D eigenvalue weighted by atomic mass is 10.1. The highest BCUT2D eigenvalue weighted by Gasteiger charge is 2.18. The molecule has 2 heterocycles. The van der Waals surface area contributed by atoms with E-state index in [0.29, 0.717) is 21.9 Å². The van der Waals surface area contributed by atoms with E-state index in [9.17, 15) is 14.7 Å². The fourth-order valence-electron chi connectivity index (χ4n) is 3.76. The molecule has 2 N–H and O–H groups in total. The van der Waals surface area contributed by atoms with Gasteiger partial charge in [-0.2, -0.15) is 5.10 Å². The minimum Gasteiger partial charge on any atom is -0.507 e. The van der Waals surface area contributed by atoms with E-state index in [2.05, 4.69) is 20.6 Å². The number of methoxy groups -OCH3 is 1. The number of nitrogens with one attached hydrogen (secondary N) is 1. The number of rotatable bonds is 6. The molecule has 0 aliphatic heterocycles. The summed E-state index contributed by atoms with van der Waals surface area (Å²) in [6, 6.07) is 20.9. The zero-order chi connectivity index (χ0) is 26.6. The van der Waals surface area contributed by atoms with Gasteiger partial charge >= 0.3 is 0 Å². The number of fused-ring (bicyclic) bond motifs is 1. The van der Waals surface area contributed by atoms with Gasteiger partial charge in [0.2, 0.25) is 9.81 Å². The van der Waals surface area contributed by atoms with Gasteiger partial charge in [0.25, 0.3) is 5.91 Å². The lowest BCUT2D eigenvalue weighted by Gasteiger charge is -2.09. The number of hydrogen-bond acceptors (Lipinski definition) is 9. The van der Waals surface area contributed by atoms with Gasteiger partial charge in [-0.15, -0.1) is 10.2 Å². The third kappa shape index (κ3) is 4.95. The Morgan fingerprint density at radius 1 is 1.13 bits per heavy atom. The average molecular weight is 528 g/mol. The number of aromatic hydroxyl groups is 1. The summed E-state index contributed by atoms with van der Waals surface area (Å²) in [5, 5.41) is 26.6. The van der Waals surface area contributed by atoms with Crippen LogP contribution in [-0.4, -0.2) is 34.1 Å². The molecule has 2 aromatic heterocycles. The number of aromatic nitrogens is 2. The minimum atomic E-state index is -0.396. The topological polar surface area (TPSA) is 131 Å². The number of aryl methyl sites for hydroxylation is 1. The number of carbonyl (C=O) groups excluding carboxylic acids is 1. The van der Waals surface area contributed by atoms with Crippen LogP contribution in [0.15, 0.2) is 92.2 Å². The fourth-order valence-corrected chi connectivity index (χ4v) is 4.52. The van der Waals surface area contributed by atoms with Crippen LogP contribution >= 0.6 is 11.3 Å². The Labute approximate surface area is 219 Å². The number of carbonyl (C=O) groups is 1. The van der Waals surface area contributed by atoms with Gasteiger partial charge in [-0.3, -0.25) is 9.59 Å². The Hall–Kier alpha value is -5.03. The summed E-state index contributed by atoms with van der Waals surface area (Å²) in [4.78, 5) is 25.8. The Kier molecular flexibility index (Phi) is 6.83. The van der Waals surface area contributed by atoms with E-state index < -0.39 is 5.91 Å². The molecule has 190 valence electrons. The molecule has 0 aliphatic rings. The van der Waals surface area contributed by atoms with Gasteiger partial charge in [0, 0.05) is 17.8 Å². The molecule has 3 aromatic carbocycles. The molecule has 0 aliphatic carbocycles. The Balaban J connectivity index is 1.57. The first kappa shape index (κ1) is 24.7. The van der Waals surface area contributed by atoms with Crippen LogP contribution in [0.25, 0.3) is 16.7 Å². The molecule has 10 nitrogen and oxygen atoms in total. The van der Waals surface area contributed by atoms with Gasteiger partial charge in [-0.25, -0.2) is 4.68 Å². The van der Waals surface area contributed by atoms with Gasteiger partial charge in [0.05, 0.1) is 24.6 Å². The first-order valence-electron chi connectivity index (χ1n) is 11.4. The predicted molar refractivity (Wildman–Crippen MR) is 144 cm³/mol. The van der Waals surface area contributed by atoms with Crippen LogP contribution in [0.4, 0.5) is 5.69 Å². The van der Waals surface area contributed by atoms with Crippen molar-refractivity contribution in [1.82, 2.24) is 9.78 Å². The highest BCUT2D eigenvalue weighted by atomic mass is 32.1. The Morgan fingerprint density at radius 2 is 1.84 bits per heavy atom. The number of hydrogen-bond donors (Lipinski definition) is 2. The van der Waals surface area contributed by atoms with Crippen molar-refractivity contribution in [3.8, 4) is 17.2 Å². The summed E-state index contributed by atoms with van der Waals surface area (Å²) in [5.74, 6) is -0.0867. The number of phenols is 1.